The van der Waals surface area contributed by atoms with Gasteiger partial charge in [-0.3, -0.25) is 4.90 Å². The number of nitrogens with zero attached hydrogens (tertiary/aromatic N) is 1. The van der Waals surface area contributed by atoms with E-state index in [4.69, 9.17) is 4.74 Å². The molecule has 2 rings (SSSR count). The lowest BCUT2D eigenvalue weighted by atomic mass is 9.68. The van der Waals surface area contributed by atoms with E-state index in [9.17, 15) is 5.11 Å². The van der Waals surface area contributed by atoms with Crippen LogP contribution >= 0.6 is 0 Å². The van der Waals surface area contributed by atoms with Gasteiger partial charge < -0.3 is 9.84 Å². The summed E-state index contributed by atoms with van der Waals surface area (Å²) in [5, 5.41) is 10.4. The molecule has 0 bridgehead atoms. The van der Waals surface area contributed by atoms with Gasteiger partial charge in [0.05, 0.1) is 19.3 Å². The van der Waals surface area contributed by atoms with Crippen LogP contribution in [0.1, 0.15) is 53.4 Å². The average Bonchev–Trinajstić information content (AvgIpc) is 2.40. The van der Waals surface area contributed by atoms with Crippen molar-refractivity contribution < 1.29 is 9.84 Å². The molecule has 1 aliphatic carbocycles. The summed E-state index contributed by atoms with van der Waals surface area (Å²) in [5.41, 5.74) is 0.369. The fraction of sp³-hybridized carbons (Fsp3) is 1.00. The minimum atomic E-state index is -0.103. The lowest BCUT2D eigenvalue weighted by Crippen LogP contribution is -2.50. The molecule has 2 fully saturated rings. The van der Waals surface area contributed by atoms with Crippen LogP contribution in [0.2, 0.25) is 0 Å². The standard InChI is InChI=1S/C17H33NO2/c1-5-15-12-20-9-8-18(15)11-13-10-14(17(2,3)4)6-7-16(13)19/h13-16,19H,5-12H2,1-4H3. The Balaban J connectivity index is 1.95. The minimum absolute atomic E-state index is 0.103. The number of morpholine rings is 1. The first-order valence-corrected chi connectivity index (χ1v) is 8.41. The van der Waals surface area contributed by atoms with Gasteiger partial charge in [0.1, 0.15) is 0 Å². The van der Waals surface area contributed by atoms with Crippen molar-refractivity contribution in [2.75, 3.05) is 26.3 Å². The molecule has 0 radical (unpaired) electrons. The average molecular weight is 283 g/mol. The predicted octanol–water partition coefficient (Wildman–Crippen LogP) is 2.92. The predicted molar refractivity (Wildman–Crippen MR) is 82.8 cm³/mol. The molecule has 4 atom stereocenters. The van der Waals surface area contributed by atoms with Crippen molar-refractivity contribution in [3.05, 3.63) is 0 Å². The molecule has 2 aliphatic rings. The third-order valence-electron chi connectivity index (χ3n) is 5.46. The van der Waals surface area contributed by atoms with E-state index >= 15 is 0 Å². The molecule has 0 spiro atoms. The maximum absolute atomic E-state index is 10.4. The van der Waals surface area contributed by atoms with Crippen molar-refractivity contribution in [2.24, 2.45) is 17.3 Å². The van der Waals surface area contributed by atoms with Crippen LogP contribution in [0, 0.1) is 17.3 Å². The van der Waals surface area contributed by atoms with Gasteiger partial charge in [-0.1, -0.05) is 27.7 Å². The highest BCUT2D eigenvalue weighted by Gasteiger charge is 2.36. The molecule has 4 unspecified atom stereocenters. The second-order valence-electron chi connectivity index (χ2n) is 7.84. The van der Waals surface area contributed by atoms with E-state index in [-0.39, 0.29) is 6.10 Å². The number of rotatable bonds is 3. The number of aliphatic hydroxyl groups excluding tert-OH is 1. The van der Waals surface area contributed by atoms with Gasteiger partial charge in [-0.2, -0.15) is 0 Å². The van der Waals surface area contributed by atoms with Crippen molar-refractivity contribution in [3.8, 4) is 0 Å². The fourth-order valence-corrected chi connectivity index (χ4v) is 3.84. The minimum Gasteiger partial charge on any atom is -0.393 e. The summed E-state index contributed by atoms with van der Waals surface area (Å²) >= 11 is 0. The molecule has 0 amide bonds. The first kappa shape index (κ1) is 16.3. The first-order chi connectivity index (χ1) is 9.41. The summed E-state index contributed by atoms with van der Waals surface area (Å²) in [6.07, 6.45) is 4.38. The molecule has 118 valence electrons. The molecular formula is C17H33NO2. The molecule has 20 heavy (non-hydrogen) atoms. The van der Waals surface area contributed by atoms with Gasteiger partial charge in [0.2, 0.25) is 0 Å². The maximum Gasteiger partial charge on any atom is 0.0622 e. The van der Waals surface area contributed by atoms with Gasteiger partial charge in [-0.25, -0.2) is 0 Å². The highest BCUT2D eigenvalue weighted by Crippen LogP contribution is 2.40. The van der Waals surface area contributed by atoms with E-state index in [1.165, 1.54) is 12.8 Å². The molecule has 0 aromatic rings. The SMILES string of the molecule is CCC1COCCN1CC1CC(C(C)(C)C)CCC1O. The van der Waals surface area contributed by atoms with Crippen molar-refractivity contribution in [2.45, 2.75) is 65.5 Å². The summed E-state index contributed by atoms with van der Waals surface area (Å²) in [4.78, 5) is 2.56. The smallest absolute Gasteiger partial charge is 0.0622 e. The van der Waals surface area contributed by atoms with Crippen LogP contribution in [-0.2, 0) is 4.74 Å². The van der Waals surface area contributed by atoms with Crippen molar-refractivity contribution in [1.82, 2.24) is 4.90 Å². The molecule has 1 aliphatic heterocycles. The van der Waals surface area contributed by atoms with Gasteiger partial charge in [0.15, 0.2) is 0 Å². The Morgan fingerprint density at radius 3 is 2.65 bits per heavy atom. The highest BCUT2D eigenvalue weighted by atomic mass is 16.5. The normalized spacial score (nSPS) is 37.0. The summed E-state index contributed by atoms with van der Waals surface area (Å²) in [7, 11) is 0. The molecule has 1 heterocycles. The Morgan fingerprint density at radius 1 is 1.25 bits per heavy atom. The molecule has 1 N–H and O–H groups in total. The van der Waals surface area contributed by atoms with Crippen molar-refractivity contribution in [3.63, 3.8) is 0 Å². The molecule has 1 saturated carbocycles. The van der Waals surface area contributed by atoms with Crippen LogP contribution in [0.3, 0.4) is 0 Å². The van der Waals surface area contributed by atoms with Crippen LogP contribution in [0.5, 0.6) is 0 Å². The Morgan fingerprint density at radius 2 is 2.00 bits per heavy atom. The number of hydrogen-bond donors (Lipinski definition) is 1. The van der Waals surface area contributed by atoms with Gasteiger partial charge in [-0.05, 0) is 42.9 Å². The van der Waals surface area contributed by atoms with E-state index in [0.29, 0.717) is 17.4 Å². The van der Waals surface area contributed by atoms with Crippen LogP contribution in [-0.4, -0.2) is 48.5 Å². The molecule has 3 heteroatoms. The zero-order valence-corrected chi connectivity index (χ0v) is 13.8. The lowest BCUT2D eigenvalue weighted by molar-refractivity contribution is -0.0459. The van der Waals surface area contributed by atoms with Crippen molar-refractivity contribution in [1.29, 1.82) is 0 Å². The highest BCUT2D eigenvalue weighted by molar-refractivity contribution is 4.88. The van der Waals surface area contributed by atoms with E-state index < -0.39 is 0 Å². The third-order valence-corrected chi connectivity index (χ3v) is 5.46. The topological polar surface area (TPSA) is 32.7 Å². The Kier molecular flexibility index (Phi) is 5.49. The quantitative estimate of drug-likeness (QED) is 0.864. The van der Waals surface area contributed by atoms with Crippen molar-refractivity contribution >= 4 is 0 Å². The monoisotopic (exact) mass is 283 g/mol. The largest absolute Gasteiger partial charge is 0.393 e. The van der Waals surface area contributed by atoms with Crippen LogP contribution in [0.4, 0.5) is 0 Å². The number of ether oxygens (including phenoxy) is 1. The zero-order chi connectivity index (χ0) is 14.8. The van der Waals surface area contributed by atoms with Gasteiger partial charge >= 0.3 is 0 Å². The molecule has 0 aromatic carbocycles. The van der Waals surface area contributed by atoms with Crippen LogP contribution in [0.25, 0.3) is 0 Å². The second-order valence-corrected chi connectivity index (χ2v) is 7.84. The Hall–Kier alpha value is -0.120. The lowest BCUT2D eigenvalue weighted by Gasteiger charge is -2.44. The van der Waals surface area contributed by atoms with Gasteiger partial charge in [-0.15, -0.1) is 0 Å². The fourth-order valence-electron chi connectivity index (χ4n) is 3.84. The van der Waals surface area contributed by atoms with E-state index in [1.807, 2.05) is 0 Å². The Bertz CT molecular complexity index is 300. The van der Waals surface area contributed by atoms with Crippen LogP contribution < -0.4 is 0 Å². The molecule has 1 saturated heterocycles. The first-order valence-electron chi connectivity index (χ1n) is 8.41. The number of hydrogen-bond acceptors (Lipinski definition) is 3. The van der Waals surface area contributed by atoms with Gasteiger partial charge in [0, 0.05) is 19.1 Å². The van der Waals surface area contributed by atoms with Crippen LogP contribution in [0.15, 0.2) is 0 Å². The van der Waals surface area contributed by atoms with E-state index in [2.05, 4.69) is 32.6 Å². The maximum atomic E-state index is 10.4. The van der Waals surface area contributed by atoms with Gasteiger partial charge in [0.25, 0.3) is 0 Å². The summed E-state index contributed by atoms with van der Waals surface area (Å²) in [6, 6.07) is 0.547. The molecule has 3 nitrogen and oxygen atoms in total. The third kappa shape index (κ3) is 3.96. The summed E-state index contributed by atoms with van der Waals surface area (Å²) in [6.45, 7) is 13.1. The number of aliphatic hydroxyl groups is 1. The Labute approximate surface area is 124 Å². The summed E-state index contributed by atoms with van der Waals surface area (Å²) in [5.74, 6) is 1.19. The molecule has 0 aromatic heterocycles. The zero-order valence-electron chi connectivity index (χ0n) is 13.8. The summed E-state index contributed by atoms with van der Waals surface area (Å²) < 4.78 is 5.59. The molecular weight excluding hydrogens is 250 g/mol. The van der Waals surface area contributed by atoms with E-state index in [0.717, 1.165) is 45.1 Å². The second kappa shape index (κ2) is 6.76. The van der Waals surface area contributed by atoms with E-state index in [1.54, 1.807) is 0 Å².